The largest absolute Gasteiger partial charge is 0.467 e. The lowest BCUT2D eigenvalue weighted by molar-refractivity contribution is -0.138. The van der Waals surface area contributed by atoms with Crippen LogP contribution in [-0.2, 0) is 19.3 Å². The molecule has 2 rings (SSSR count). The van der Waals surface area contributed by atoms with E-state index in [0.29, 0.717) is 22.7 Å². The molecule has 0 aliphatic rings. The first-order valence-electron chi connectivity index (χ1n) is 6.72. The normalized spacial score (nSPS) is 12.3. The molecule has 0 aliphatic heterocycles. The summed E-state index contributed by atoms with van der Waals surface area (Å²) in [5, 5.41) is 5.83. The van der Waals surface area contributed by atoms with Crippen molar-refractivity contribution >= 4 is 21.9 Å². The summed E-state index contributed by atoms with van der Waals surface area (Å²) in [7, 11) is 1.55. The van der Waals surface area contributed by atoms with E-state index in [1.165, 1.54) is 6.07 Å². The van der Waals surface area contributed by atoms with E-state index in [-0.39, 0.29) is 12.1 Å². The zero-order valence-corrected chi connectivity index (χ0v) is 13.8. The predicted octanol–water partition coefficient (Wildman–Crippen LogP) is 3.93. The molecule has 0 amide bonds. The topological polar surface area (TPSA) is 49.6 Å². The Labute approximate surface area is 139 Å². The third kappa shape index (κ3) is 5.02. The number of hydrogen-bond donors (Lipinski definition) is 2. The number of furan rings is 1. The summed E-state index contributed by atoms with van der Waals surface area (Å²) in [6.45, 7) is 0.388. The molecule has 0 atom stereocenters. The number of aliphatic imine (C=N–C) groups is 1. The number of alkyl halides is 3. The van der Waals surface area contributed by atoms with E-state index in [0.717, 1.165) is 6.07 Å². The molecule has 0 spiro atoms. The van der Waals surface area contributed by atoms with Crippen molar-refractivity contribution in [2.24, 2.45) is 4.99 Å². The zero-order valence-electron chi connectivity index (χ0n) is 12.2. The van der Waals surface area contributed by atoms with Gasteiger partial charge in [-0.15, -0.1) is 0 Å². The molecule has 0 bridgehead atoms. The Morgan fingerprint density at radius 2 is 1.96 bits per heavy atom. The van der Waals surface area contributed by atoms with Crippen LogP contribution in [0.15, 0.2) is 50.5 Å². The number of rotatable bonds is 4. The van der Waals surface area contributed by atoms with Crippen molar-refractivity contribution in [2.75, 3.05) is 7.05 Å². The summed E-state index contributed by atoms with van der Waals surface area (Å²) in [5.41, 5.74) is -0.539. The van der Waals surface area contributed by atoms with E-state index in [9.17, 15) is 13.2 Å². The van der Waals surface area contributed by atoms with Crippen molar-refractivity contribution < 1.29 is 17.6 Å². The molecule has 0 unspecified atom stereocenters. The summed E-state index contributed by atoms with van der Waals surface area (Å²) >= 11 is 3.06. The third-order valence-corrected chi connectivity index (χ3v) is 3.55. The van der Waals surface area contributed by atoms with Crippen molar-refractivity contribution in [1.29, 1.82) is 0 Å². The Morgan fingerprint density at radius 1 is 1.22 bits per heavy atom. The minimum absolute atomic E-state index is 0.0000482. The maximum Gasteiger partial charge on any atom is 0.416 e. The van der Waals surface area contributed by atoms with Gasteiger partial charge in [-0.1, -0.05) is 22.0 Å². The number of benzene rings is 1. The van der Waals surface area contributed by atoms with Gasteiger partial charge >= 0.3 is 6.18 Å². The molecule has 2 N–H and O–H groups in total. The van der Waals surface area contributed by atoms with Crippen LogP contribution in [0.5, 0.6) is 0 Å². The van der Waals surface area contributed by atoms with Crippen LogP contribution in [-0.4, -0.2) is 13.0 Å². The average molecular weight is 390 g/mol. The van der Waals surface area contributed by atoms with Gasteiger partial charge < -0.3 is 15.1 Å². The first kappa shape index (κ1) is 17.4. The Balaban J connectivity index is 2.01. The van der Waals surface area contributed by atoms with Gasteiger partial charge in [0.15, 0.2) is 5.96 Å². The molecule has 0 saturated heterocycles. The van der Waals surface area contributed by atoms with Crippen LogP contribution in [0.2, 0.25) is 0 Å². The van der Waals surface area contributed by atoms with Crippen molar-refractivity contribution in [2.45, 2.75) is 19.3 Å². The Hall–Kier alpha value is -1.96. The van der Waals surface area contributed by atoms with Gasteiger partial charge in [0.05, 0.1) is 18.4 Å². The van der Waals surface area contributed by atoms with E-state index in [2.05, 4.69) is 31.6 Å². The average Bonchev–Trinajstić information content (AvgIpc) is 3.01. The minimum Gasteiger partial charge on any atom is -0.467 e. The highest BCUT2D eigenvalue weighted by Crippen LogP contribution is 2.33. The highest BCUT2D eigenvalue weighted by atomic mass is 79.9. The first-order valence-corrected chi connectivity index (χ1v) is 7.52. The lowest BCUT2D eigenvalue weighted by Gasteiger charge is -2.16. The fourth-order valence-electron chi connectivity index (χ4n) is 1.95. The molecule has 0 radical (unpaired) electrons. The van der Waals surface area contributed by atoms with Crippen LogP contribution in [0.1, 0.15) is 16.9 Å². The molecular formula is C15H15BrF3N3O. The third-order valence-electron chi connectivity index (χ3n) is 3.06. The maximum atomic E-state index is 13.1. The van der Waals surface area contributed by atoms with E-state index in [1.807, 2.05) is 0 Å². The second-order valence-corrected chi connectivity index (χ2v) is 5.57. The van der Waals surface area contributed by atoms with Gasteiger partial charge in [-0.3, -0.25) is 4.99 Å². The monoisotopic (exact) mass is 389 g/mol. The van der Waals surface area contributed by atoms with E-state index >= 15 is 0 Å². The second kappa shape index (κ2) is 7.54. The predicted molar refractivity (Wildman–Crippen MR) is 84.9 cm³/mol. The molecule has 2 aromatic rings. The fraction of sp³-hybridized carbons (Fsp3) is 0.267. The van der Waals surface area contributed by atoms with Crippen molar-refractivity contribution in [3.63, 3.8) is 0 Å². The number of nitrogens with zero attached hydrogens (tertiary/aromatic N) is 1. The van der Waals surface area contributed by atoms with Crippen LogP contribution in [0, 0.1) is 0 Å². The van der Waals surface area contributed by atoms with E-state index < -0.39 is 11.7 Å². The fourth-order valence-corrected chi connectivity index (χ4v) is 2.31. The molecule has 0 saturated carbocycles. The van der Waals surface area contributed by atoms with Crippen LogP contribution in [0.4, 0.5) is 13.2 Å². The summed E-state index contributed by atoms with van der Waals surface area (Å²) in [6, 6.07) is 7.61. The molecule has 1 heterocycles. The van der Waals surface area contributed by atoms with E-state index in [4.69, 9.17) is 4.42 Å². The molecule has 23 heavy (non-hydrogen) atoms. The van der Waals surface area contributed by atoms with Gasteiger partial charge in [0.2, 0.25) is 0 Å². The molecule has 0 fully saturated rings. The number of guanidine groups is 1. The van der Waals surface area contributed by atoms with Gasteiger partial charge in [-0.25, -0.2) is 0 Å². The van der Waals surface area contributed by atoms with Gasteiger partial charge in [-0.2, -0.15) is 13.2 Å². The van der Waals surface area contributed by atoms with Gasteiger partial charge in [-0.05, 0) is 29.8 Å². The van der Waals surface area contributed by atoms with Crippen LogP contribution in [0.25, 0.3) is 0 Å². The van der Waals surface area contributed by atoms with Crippen LogP contribution in [0.3, 0.4) is 0 Å². The van der Waals surface area contributed by atoms with E-state index in [1.54, 1.807) is 31.5 Å². The zero-order chi connectivity index (χ0) is 16.9. The minimum atomic E-state index is -4.41. The summed E-state index contributed by atoms with van der Waals surface area (Å²) in [5.74, 6) is 1.09. The molecule has 0 aliphatic carbocycles. The number of nitrogens with one attached hydrogen (secondary N) is 2. The maximum absolute atomic E-state index is 13.1. The lowest BCUT2D eigenvalue weighted by atomic mass is 10.1. The van der Waals surface area contributed by atoms with Crippen molar-refractivity contribution in [3.8, 4) is 0 Å². The van der Waals surface area contributed by atoms with Crippen LogP contribution < -0.4 is 10.6 Å². The molecule has 124 valence electrons. The SMILES string of the molecule is CN=C(NCc1ccco1)NCc1ccc(Br)cc1C(F)(F)F. The Bertz CT molecular complexity index is 669. The lowest BCUT2D eigenvalue weighted by Crippen LogP contribution is -2.36. The second-order valence-electron chi connectivity index (χ2n) is 4.66. The summed E-state index contributed by atoms with van der Waals surface area (Å²) < 4.78 is 44.7. The summed E-state index contributed by atoms with van der Waals surface area (Å²) in [4.78, 5) is 3.97. The smallest absolute Gasteiger partial charge is 0.416 e. The summed E-state index contributed by atoms with van der Waals surface area (Å²) in [6.07, 6.45) is -2.86. The van der Waals surface area contributed by atoms with Gasteiger partial charge in [0.1, 0.15) is 5.76 Å². The molecule has 1 aromatic carbocycles. The molecular weight excluding hydrogens is 375 g/mol. The molecule has 4 nitrogen and oxygen atoms in total. The Morgan fingerprint density at radius 3 is 2.57 bits per heavy atom. The number of hydrogen-bond acceptors (Lipinski definition) is 2. The molecule has 1 aromatic heterocycles. The standard InChI is InChI=1S/C15H15BrF3N3O/c1-20-14(22-9-12-3-2-6-23-12)21-8-10-4-5-11(16)7-13(10)15(17,18)19/h2-7H,8-9H2,1H3,(H2,20,21,22). The first-order chi connectivity index (χ1) is 10.9. The van der Waals surface area contributed by atoms with Gasteiger partial charge in [0.25, 0.3) is 0 Å². The van der Waals surface area contributed by atoms with Crippen molar-refractivity contribution in [3.05, 3.63) is 58.0 Å². The highest BCUT2D eigenvalue weighted by molar-refractivity contribution is 9.10. The molecule has 8 heteroatoms. The van der Waals surface area contributed by atoms with Gasteiger partial charge in [0, 0.05) is 18.1 Å². The number of halogens is 4. The Kier molecular flexibility index (Phi) is 5.70. The quantitative estimate of drug-likeness (QED) is 0.615. The van der Waals surface area contributed by atoms with Crippen molar-refractivity contribution in [1.82, 2.24) is 10.6 Å². The highest BCUT2D eigenvalue weighted by Gasteiger charge is 2.33. The van der Waals surface area contributed by atoms with Crippen LogP contribution >= 0.6 is 15.9 Å².